The summed E-state index contributed by atoms with van der Waals surface area (Å²) in [6, 6.07) is 0. The number of halogens is 1. The summed E-state index contributed by atoms with van der Waals surface area (Å²) in [6.45, 7) is 1.72. The molecule has 0 bridgehead atoms. The lowest BCUT2D eigenvalue weighted by Gasteiger charge is -2.09. The highest BCUT2D eigenvalue weighted by Crippen LogP contribution is 1.95. The summed E-state index contributed by atoms with van der Waals surface area (Å²) < 4.78 is 0. The van der Waals surface area contributed by atoms with Crippen LogP contribution in [0.5, 0.6) is 0 Å². The van der Waals surface area contributed by atoms with E-state index in [4.69, 9.17) is 16.7 Å². The third-order valence-corrected chi connectivity index (χ3v) is 0.970. The molecule has 0 aromatic heterocycles. The molecule has 0 aliphatic heterocycles. The topological polar surface area (TPSA) is 32.3 Å². The van der Waals surface area contributed by atoms with E-state index in [0.717, 1.165) is 0 Å². The van der Waals surface area contributed by atoms with Gasteiger partial charge in [-0.15, -0.1) is 11.6 Å². The van der Waals surface area contributed by atoms with E-state index in [0.29, 0.717) is 0 Å². The highest BCUT2D eigenvalue weighted by atomic mass is 35.5. The summed E-state index contributed by atoms with van der Waals surface area (Å²) in [7, 11) is 1.66. The molecule has 0 rings (SSSR count). The normalized spacial score (nSPS) is 18.9. The van der Waals surface area contributed by atoms with Crippen molar-refractivity contribution in [3.63, 3.8) is 0 Å². The van der Waals surface area contributed by atoms with Crippen LogP contribution < -0.4 is 5.32 Å². The van der Waals surface area contributed by atoms with Crippen LogP contribution >= 0.6 is 11.6 Å². The molecule has 2 N–H and O–H groups in total. The standard InChI is InChI=1S/C4H10ClNO/c1-3(5)4(7)6-2/h3-4,6-7H,1-2H3. The Labute approximate surface area is 48.5 Å². The average Bonchev–Trinajstić information content (AvgIpc) is 1.65. The fourth-order valence-corrected chi connectivity index (χ4v) is 0.356. The van der Waals surface area contributed by atoms with E-state index in [-0.39, 0.29) is 5.38 Å². The van der Waals surface area contributed by atoms with Gasteiger partial charge in [-0.2, -0.15) is 0 Å². The molecule has 0 spiro atoms. The molecule has 0 radical (unpaired) electrons. The molecule has 0 aromatic rings. The maximum absolute atomic E-state index is 8.69. The predicted molar refractivity (Wildman–Crippen MR) is 30.4 cm³/mol. The smallest absolute Gasteiger partial charge is 0.120 e. The minimum absolute atomic E-state index is 0.218. The zero-order valence-corrected chi connectivity index (χ0v) is 5.24. The Kier molecular flexibility index (Phi) is 3.34. The summed E-state index contributed by atoms with van der Waals surface area (Å²) in [4.78, 5) is 0. The Balaban J connectivity index is 3.14. The van der Waals surface area contributed by atoms with Crippen molar-refractivity contribution in [3.05, 3.63) is 0 Å². The number of rotatable bonds is 2. The number of hydrogen-bond donors (Lipinski definition) is 2. The Morgan fingerprint density at radius 3 is 2.14 bits per heavy atom. The molecule has 0 aromatic carbocycles. The van der Waals surface area contributed by atoms with Gasteiger partial charge in [0.1, 0.15) is 6.23 Å². The fourth-order valence-electron chi connectivity index (χ4n) is 0.230. The number of hydrogen-bond acceptors (Lipinski definition) is 2. The van der Waals surface area contributed by atoms with E-state index in [9.17, 15) is 0 Å². The highest BCUT2D eigenvalue weighted by molar-refractivity contribution is 6.20. The van der Waals surface area contributed by atoms with Gasteiger partial charge in [-0.1, -0.05) is 0 Å². The number of aliphatic hydroxyl groups is 1. The molecule has 0 aliphatic carbocycles. The SMILES string of the molecule is CNC(O)C(C)Cl. The highest BCUT2D eigenvalue weighted by Gasteiger charge is 2.05. The molecular weight excluding hydrogens is 114 g/mol. The predicted octanol–water partition coefficient (Wildman–Crippen LogP) is 0.151. The van der Waals surface area contributed by atoms with Crippen molar-refractivity contribution in [1.29, 1.82) is 0 Å². The Bertz CT molecular complexity index is 49.0. The molecule has 7 heavy (non-hydrogen) atoms. The van der Waals surface area contributed by atoms with Crippen LogP contribution in [0.3, 0.4) is 0 Å². The first kappa shape index (κ1) is 7.21. The average molecular weight is 124 g/mol. The first-order valence-corrected chi connectivity index (χ1v) is 2.61. The van der Waals surface area contributed by atoms with Gasteiger partial charge < -0.3 is 5.11 Å². The van der Waals surface area contributed by atoms with Crippen molar-refractivity contribution in [2.24, 2.45) is 0 Å². The lowest BCUT2D eigenvalue weighted by atomic mass is 10.4. The van der Waals surface area contributed by atoms with E-state index >= 15 is 0 Å². The Morgan fingerprint density at radius 1 is 1.71 bits per heavy atom. The lowest BCUT2D eigenvalue weighted by molar-refractivity contribution is 0.146. The third-order valence-electron chi connectivity index (χ3n) is 0.731. The number of alkyl halides is 1. The van der Waals surface area contributed by atoms with E-state index in [2.05, 4.69) is 5.32 Å². The number of aliphatic hydroxyl groups excluding tert-OH is 1. The summed E-state index contributed by atoms with van der Waals surface area (Å²) in [5.74, 6) is 0. The van der Waals surface area contributed by atoms with Gasteiger partial charge in [0.25, 0.3) is 0 Å². The Hall–Kier alpha value is 0.210. The van der Waals surface area contributed by atoms with Crippen molar-refractivity contribution in [2.75, 3.05) is 7.05 Å². The second-order valence-corrected chi connectivity index (χ2v) is 2.10. The lowest BCUT2D eigenvalue weighted by Crippen LogP contribution is -2.31. The van der Waals surface area contributed by atoms with E-state index in [1.807, 2.05) is 0 Å². The van der Waals surface area contributed by atoms with Crippen LogP contribution in [-0.4, -0.2) is 23.8 Å². The van der Waals surface area contributed by atoms with Crippen LogP contribution in [0.25, 0.3) is 0 Å². The van der Waals surface area contributed by atoms with Crippen LogP contribution in [0, 0.1) is 0 Å². The second-order valence-electron chi connectivity index (χ2n) is 1.41. The molecule has 0 heterocycles. The molecule has 0 amide bonds. The molecule has 44 valence electrons. The summed E-state index contributed by atoms with van der Waals surface area (Å²) >= 11 is 5.42. The molecule has 0 fully saturated rings. The van der Waals surface area contributed by atoms with Crippen LogP contribution in [-0.2, 0) is 0 Å². The van der Waals surface area contributed by atoms with Crippen molar-refractivity contribution in [1.82, 2.24) is 5.32 Å². The second kappa shape index (κ2) is 3.24. The molecule has 2 atom stereocenters. The fraction of sp³-hybridized carbons (Fsp3) is 1.00. The maximum atomic E-state index is 8.69. The molecule has 0 saturated heterocycles. The van der Waals surface area contributed by atoms with Gasteiger partial charge in [-0.3, -0.25) is 5.32 Å². The molecule has 2 unspecified atom stereocenters. The molecule has 3 heteroatoms. The largest absolute Gasteiger partial charge is 0.377 e. The minimum Gasteiger partial charge on any atom is -0.377 e. The quantitative estimate of drug-likeness (QED) is 0.405. The van der Waals surface area contributed by atoms with Crippen molar-refractivity contribution >= 4 is 11.6 Å². The van der Waals surface area contributed by atoms with Gasteiger partial charge in [-0.05, 0) is 14.0 Å². The first-order valence-electron chi connectivity index (χ1n) is 2.18. The van der Waals surface area contributed by atoms with E-state index in [1.54, 1.807) is 14.0 Å². The minimum atomic E-state index is -0.582. The van der Waals surface area contributed by atoms with Crippen LogP contribution in [0.15, 0.2) is 0 Å². The zero-order valence-electron chi connectivity index (χ0n) is 4.48. The van der Waals surface area contributed by atoms with Crippen molar-refractivity contribution < 1.29 is 5.11 Å². The summed E-state index contributed by atoms with van der Waals surface area (Å²) in [5, 5.41) is 11.1. The van der Waals surface area contributed by atoms with E-state index in [1.165, 1.54) is 0 Å². The third kappa shape index (κ3) is 2.85. The number of nitrogens with one attached hydrogen (secondary N) is 1. The van der Waals surface area contributed by atoms with Gasteiger partial charge in [0.05, 0.1) is 5.38 Å². The van der Waals surface area contributed by atoms with Crippen LogP contribution in [0.1, 0.15) is 6.92 Å². The molecule has 0 saturated carbocycles. The monoisotopic (exact) mass is 123 g/mol. The van der Waals surface area contributed by atoms with Crippen LogP contribution in [0.2, 0.25) is 0 Å². The summed E-state index contributed by atoms with van der Waals surface area (Å²) in [5.41, 5.74) is 0. The van der Waals surface area contributed by atoms with Gasteiger partial charge in [-0.25, -0.2) is 0 Å². The van der Waals surface area contributed by atoms with Crippen LogP contribution in [0.4, 0.5) is 0 Å². The van der Waals surface area contributed by atoms with Gasteiger partial charge >= 0.3 is 0 Å². The van der Waals surface area contributed by atoms with Gasteiger partial charge in [0.15, 0.2) is 0 Å². The first-order chi connectivity index (χ1) is 3.18. The van der Waals surface area contributed by atoms with Gasteiger partial charge in [0.2, 0.25) is 0 Å². The van der Waals surface area contributed by atoms with E-state index < -0.39 is 6.23 Å². The zero-order chi connectivity index (χ0) is 5.86. The maximum Gasteiger partial charge on any atom is 0.120 e. The van der Waals surface area contributed by atoms with Crippen molar-refractivity contribution in [2.45, 2.75) is 18.5 Å². The molecule has 2 nitrogen and oxygen atoms in total. The Morgan fingerprint density at radius 2 is 2.14 bits per heavy atom. The molecular formula is C4H10ClNO. The van der Waals surface area contributed by atoms with Gasteiger partial charge in [0, 0.05) is 0 Å². The molecule has 0 aliphatic rings. The summed E-state index contributed by atoms with van der Waals surface area (Å²) in [6.07, 6.45) is -0.582. The van der Waals surface area contributed by atoms with Crippen molar-refractivity contribution in [3.8, 4) is 0 Å².